The third-order valence-corrected chi connectivity index (χ3v) is 5.19. The third-order valence-electron chi connectivity index (χ3n) is 3.34. The summed E-state index contributed by atoms with van der Waals surface area (Å²) in [5.74, 6) is 0. The lowest BCUT2D eigenvalue weighted by Crippen LogP contribution is -2.55. The van der Waals surface area contributed by atoms with Crippen LogP contribution in [0.4, 0.5) is 13.2 Å². The SMILES string of the molecule is CC1CN(S(=O)(=O)c2ccc(C(F)(F)F)cc2)CC(C)N1. The molecule has 118 valence electrons. The van der Waals surface area contributed by atoms with Crippen LogP contribution in [0.25, 0.3) is 0 Å². The lowest BCUT2D eigenvalue weighted by molar-refractivity contribution is -0.137. The van der Waals surface area contributed by atoms with E-state index in [9.17, 15) is 21.6 Å². The Morgan fingerprint density at radius 3 is 2.00 bits per heavy atom. The number of halogens is 3. The minimum absolute atomic E-state index is 0.00188. The monoisotopic (exact) mass is 322 g/mol. The lowest BCUT2D eigenvalue weighted by atomic mass is 10.2. The van der Waals surface area contributed by atoms with Crippen LogP contribution in [0.5, 0.6) is 0 Å². The molecule has 0 bridgehead atoms. The Labute approximate surface area is 122 Å². The number of benzene rings is 1. The number of nitrogens with zero attached hydrogens (tertiary/aromatic N) is 1. The summed E-state index contributed by atoms with van der Waals surface area (Å²) < 4.78 is 63.7. The molecule has 2 atom stereocenters. The van der Waals surface area contributed by atoms with Crippen molar-refractivity contribution in [3.8, 4) is 0 Å². The van der Waals surface area contributed by atoms with Crippen LogP contribution in [0.1, 0.15) is 19.4 Å². The van der Waals surface area contributed by atoms with Gasteiger partial charge in [-0.25, -0.2) is 8.42 Å². The molecule has 2 rings (SSSR count). The van der Waals surface area contributed by atoms with Gasteiger partial charge < -0.3 is 5.32 Å². The molecule has 2 unspecified atom stereocenters. The van der Waals surface area contributed by atoms with Crippen LogP contribution in [-0.4, -0.2) is 37.9 Å². The van der Waals surface area contributed by atoms with E-state index in [1.807, 2.05) is 13.8 Å². The molecule has 1 heterocycles. The molecule has 4 nitrogen and oxygen atoms in total. The first kappa shape index (κ1) is 16.3. The van der Waals surface area contributed by atoms with Gasteiger partial charge in [0.05, 0.1) is 10.5 Å². The summed E-state index contributed by atoms with van der Waals surface area (Å²) in [6.07, 6.45) is -4.47. The smallest absolute Gasteiger partial charge is 0.309 e. The molecular weight excluding hydrogens is 305 g/mol. The molecule has 0 spiro atoms. The van der Waals surface area contributed by atoms with Gasteiger partial charge in [-0.3, -0.25) is 0 Å². The highest BCUT2D eigenvalue weighted by Gasteiger charge is 2.33. The van der Waals surface area contributed by atoms with Crippen LogP contribution < -0.4 is 5.32 Å². The van der Waals surface area contributed by atoms with Crippen LogP contribution in [0.2, 0.25) is 0 Å². The van der Waals surface area contributed by atoms with Crippen LogP contribution in [0.3, 0.4) is 0 Å². The van der Waals surface area contributed by atoms with Gasteiger partial charge in [0, 0.05) is 25.2 Å². The largest absolute Gasteiger partial charge is 0.416 e. The van der Waals surface area contributed by atoms with E-state index in [1.54, 1.807) is 0 Å². The van der Waals surface area contributed by atoms with Gasteiger partial charge in [-0.1, -0.05) is 0 Å². The molecule has 1 N–H and O–H groups in total. The maximum atomic E-state index is 12.5. The molecule has 1 fully saturated rings. The van der Waals surface area contributed by atoms with Gasteiger partial charge in [-0.2, -0.15) is 17.5 Å². The molecule has 1 aliphatic heterocycles. The fourth-order valence-electron chi connectivity index (χ4n) is 2.44. The second-order valence-electron chi connectivity index (χ2n) is 5.31. The predicted molar refractivity (Wildman–Crippen MR) is 72.3 cm³/mol. The van der Waals surface area contributed by atoms with Crippen molar-refractivity contribution in [2.75, 3.05) is 13.1 Å². The standard InChI is InChI=1S/C13H17F3N2O2S/c1-9-7-18(8-10(2)17-9)21(19,20)12-5-3-11(4-6-12)13(14,15)16/h3-6,9-10,17H,7-8H2,1-2H3. The molecule has 1 saturated heterocycles. The van der Waals surface area contributed by atoms with Gasteiger partial charge in [-0.15, -0.1) is 0 Å². The minimum atomic E-state index is -4.47. The molecule has 1 aromatic rings. The summed E-state index contributed by atoms with van der Waals surface area (Å²) in [5.41, 5.74) is -0.858. The van der Waals surface area contributed by atoms with Crippen LogP contribution >= 0.6 is 0 Å². The van der Waals surface area contributed by atoms with Crippen LogP contribution in [0, 0.1) is 0 Å². The molecule has 0 amide bonds. The summed E-state index contributed by atoms with van der Waals surface area (Å²) in [4.78, 5) is -0.114. The van der Waals surface area contributed by atoms with E-state index in [0.29, 0.717) is 13.1 Å². The molecule has 0 radical (unpaired) electrons. The Balaban J connectivity index is 2.27. The number of hydrogen-bond donors (Lipinski definition) is 1. The first-order valence-corrected chi connectivity index (χ1v) is 7.98. The molecule has 0 aliphatic carbocycles. The number of hydrogen-bond acceptors (Lipinski definition) is 3. The zero-order chi connectivity index (χ0) is 15.8. The maximum absolute atomic E-state index is 12.5. The van der Waals surface area contributed by atoms with Crippen molar-refractivity contribution in [1.82, 2.24) is 9.62 Å². The Kier molecular flexibility index (Phi) is 4.32. The van der Waals surface area contributed by atoms with Crippen LogP contribution in [0.15, 0.2) is 29.2 Å². The minimum Gasteiger partial charge on any atom is -0.309 e. The molecule has 0 saturated carbocycles. The Hall–Kier alpha value is -1.12. The highest BCUT2D eigenvalue weighted by atomic mass is 32.2. The second-order valence-corrected chi connectivity index (χ2v) is 7.25. The van der Waals surface area contributed by atoms with Gasteiger partial charge in [-0.05, 0) is 38.1 Å². The molecular formula is C13H17F3N2O2S. The van der Waals surface area contributed by atoms with E-state index >= 15 is 0 Å². The summed E-state index contributed by atoms with van der Waals surface area (Å²) in [6.45, 7) is 4.33. The lowest BCUT2D eigenvalue weighted by Gasteiger charge is -2.35. The van der Waals surface area contributed by atoms with Crippen LogP contribution in [-0.2, 0) is 16.2 Å². The van der Waals surface area contributed by atoms with E-state index in [4.69, 9.17) is 0 Å². The first-order valence-electron chi connectivity index (χ1n) is 6.54. The molecule has 0 aromatic heterocycles. The number of sulfonamides is 1. The molecule has 1 aliphatic rings. The zero-order valence-electron chi connectivity index (χ0n) is 11.7. The van der Waals surface area contributed by atoms with Crippen molar-refractivity contribution in [1.29, 1.82) is 0 Å². The highest BCUT2D eigenvalue weighted by Crippen LogP contribution is 2.30. The van der Waals surface area contributed by atoms with Crippen molar-refractivity contribution in [2.24, 2.45) is 0 Å². The van der Waals surface area contributed by atoms with Crippen molar-refractivity contribution < 1.29 is 21.6 Å². The van der Waals surface area contributed by atoms with E-state index < -0.39 is 21.8 Å². The van der Waals surface area contributed by atoms with Gasteiger partial charge >= 0.3 is 6.18 Å². The zero-order valence-corrected chi connectivity index (χ0v) is 12.5. The number of piperazine rings is 1. The average molecular weight is 322 g/mol. The summed E-state index contributed by atoms with van der Waals surface area (Å²) in [5, 5.41) is 3.21. The quantitative estimate of drug-likeness (QED) is 0.907. The number of nitrogens with one attached hydrogen (secondary N) is 1. The first-order chi connectivity index (χ1) is 9.60. The van der Waals surface area contributed by atoms with E-state index in [2.05, 4.69) is 5.32 Å². The average Bonchev–Trinajstić information content (AvgIpc) is 2.36. The number of alkyl halides is 3. The number of rotatable bonds is 2. The van der Waals surface area contributed by atoms with Gasteiger partial charge in [0.2, 0.25) is 10.0 Å². The van der Waals surface area contributed by atoms with E-state index in [0.717, 1.165) is 24.3 Å². The van der Waals surface area contributed by atoms with Crippen molar-refractivity contribution >= 4 is 10.0 Å². The fraction of sp³-hybridized carbons (Fsp3) is 0.538. The summed E-state index contributed by atoms with van der Waals surface area (Å²) >= 11 is 0. The summed E-state index contributed by atoms with van der Waals surface area (Å²) in [7, 11) is -3.76. The highest BCUT2D eigenvalue weighted by molar-refractivity contribution is 7.89. The normalized spacial score (nSPS) is 25.0. The van der Waals surface area contributed by atoms with E-state index in [-0.39, 0.29) is 17.0 Å². The Morgan fingerprint density at radius 1 is 1.10 bits per heavy atom. The molecule has 1 aromatic carbocycles. The Bertz CT molecular complexity index is 589. The molecule has 8 heteroatoms. The summed E-state index contributed by atoms with van der Waals surface area (Å²) in [6, 6.07) is 3.60. The second kappa shape index (κ2) is 5.58. The Morgan fingerprint density at radius 2 is 1.57 bits per heavy atom. The van der Waals surface area contributed by atoms with Crippen molar-refractivity contribution in [3.63, 3.8) is 0 Å². The maximum Gasteiger partial charge on any atom is 0.416 e. The predicted octanol–water partition coefficient (Wildman–Crippen LogP) is 2.08. The van der Waals surface area contributed by atoms with Crippen molar-refractivity contribution in [2.45, 2.75) is 37.0 Å². The molecule has 21 heavy (non-hydrogen) atoms. The van der Waals surface area contributed by atoms with Gasteiger partial charge in [0.15, 0.2) is 0 Å². The van der Waals surface area contributed by atoms with Gasteiger partial charge in [0.1, 0.15) is 0 Å². The third kappa shape index (κ3) is 3.56. The van der Waals surface area contributed by atoms with Crippen molar-refractivity contribution in [3.05, 3.63) is 29.8 Å². The topological polar surface area (TPSA) is 49.4 Å². The van der Waals surface area contributed by atoms with Gasteiger partial charge in [0.25, 0.3) is 0 Å². The van der Waals surface area contributed by atoms with E-state index in [1.165, 1.54) is 4.31 Å². The fourth-order valence-corrected chi connectivity index (χ4v) is 4.06.